The van der Waals surface area contributed by atoms with Gasteiger partial charge in [0.2, 0.25) is 12.6 Å². The minimum Gasteiger partial charge on any atom is -0.433 e. The highest BCUT2D eigenvalue weighted by molar-refractivity contribution is 5.69. The Morgan fingerprint density at radius 3 is 1.79 bits per heavy atom. The maximum absolute atomic E-state index is 12.1. The van der Waals surface area contributed by atoms with Gasteiger partial charge in [-0.15, -0.1) is 6.58 Å². The molecule has 1 aliphatic heterocycles. The van der Waals surface area contributed by atoms with Crippen LogP contribution >= 0.6 is 0 Å². The minimum absolute atomic E-state index is 0.163. The largest absolute Gasteiger partial charge is 0.433 e. The average molecular weight is 455 g/mol. The lowest BCUT2D eigenvalue weighted by Crippen LogP contribution is -2.57. The first-order chi connectivity index (χ1) is 16.0. The van der Waals surface area contributed by atoms with Gasteiger partial charge < -0.3 is 18.9 Å². The van der Waals surface area contributed by atoms with Crippen molar-refractivity contribution in [2.75, 3.05) is 0 Å². The summed E-state index contributed by atoms with van der Waals surface area (Å²) in [7, 11) is 0. The highest BCUT2D eigenvalue weighted by Crippen LogP contribution is 2.34. The summed E-state index contributed by atoms with van der Waals surface area (Å²) >= 11 is 0. The van der Waals surface area contributed by atoms with Crippen molar-refractivity contribution < 1.29 is 33.3 Å². The zero-order valence-electron chi connectivity index (χ0n) is 18.9. The summed E-state index contributed by atoms with van der Waals surface area (Å²) in [4.78, 5) is 23.9. The van der Waals surface area contributed by atoms with Crippen molar-refractivity contribution in [3.63, 3.8) is 0 Å². The van der Waals surface area contributed by atoms with Crippen molar-refractivity contribution in [1.82, 2.24) is 0 Å². The van der Waals surface area contributed by atoms with Crippen LogP contribution in [0.5, 0.6) is 0 Å². The van der Waals surface area contributed by atoms with Crippen molar-refractivity contribution >= 4 is 11.9 Å². The van der Waals surface area contributed by atoms with Crippen LogP contribution in [0.3, 0.4) is 0 Å². The Balaban J connectivity index is 1.85. The first kappa shape index (κ1) is 24.6. The monoisotopic (exact) mass is 454 g/mol. The molecule has 0 unspecified atom stereocenters. The minimum atomic E-state index is -1.10. The average Bonchev–Trinajstić information content (AvgIpc) is 2.83. The standard InChI is InChI=1S/C26H30O7/c1-4-21-23(29-16-19-12-8-6-9-13-19)25(31-18(3)27)33-26(32-22(28)5-2)24(21)30-17-20-14-10-7-11-15-20/h4,6-15,21,23-26H,1,5,16-17H2,2-3H3/t21-,23-,24-,25-,26-/m0/s1. The molecular weight excluding hydrogens is 424 g/mol. The molecule has 0 aliphatic carbocycles. The molecule has 1 aliphatic rings. The maximum Gasteiger partial charge on any atom is 0.307 e. The van der Waals surface area contributed by atoms with Crippen molar-refractivity contribution in [1.29, 1.82) is 0 Å². The van der Waals surface area contributed by atoms with Gasteiger partial charge in [-0.05, 0) is 11.1 Å². The van der Waals surface area contributed by atoms with E-state index in [2.05, 4.69) is 6.58 Å². The van der Waals surface area contributed by atoms with E-state index in [0.29, 0.717) is 0 Å². The number of hydrogen-bond donors (Lipinski definition) is 0. The molecule has 2 aromatic carbocycles. The van der Waals surface area contributed by atoms with Gasteiger partial charge in [0.05, 0.1) is 13.2 Å². The summed E-state index contributed by atoms with van der Waals surface area (Å²) in [5.74, 6) is -1.48. The van der Waals surface area contributed by atoms with E-state index < -0.39 is 42.6 Å². The predicted molar refractivity (Wildman–Crippen MR) is 121 cm³/mol. The van der Waals surface area contributed by atoms with E-state index in [1.165, 1.54) is 6.92 Å². The first-order valence-corrected chi connectivity index (χ1v) is 11.0. The number of esters is 2. The summed E-state index contributed by atoms with van der Waals surface area (Å²) in [5, 5.41) is 0. The number of carbonyl (C=O) groups is 2. The van der Waals surface area contributed by atoms with E-state index in [0.717, 1.165) is 11.1 Å². The first-order valence-electron chi connectivity index (χ1n) is 11.0. The molecule has 0 spiro atoms. The fraction of sp³-hybridized carbons (Fsp3) is 0.385. The Kier molecular flexibility index (Phi) is 9.18. The van der Waals surface area contributed by atoms with Crippen molar-refractivity contribution in [3.8, 4) is 0 Å². The second-order valence-corrected chi connectivity index (χ2v) is 7.66. The highest BCUT2D eigenvalue weighted by atomic mass is 16.8. The van der Waals surface area contributed by atoms with Gasteiger partial charge in [-0.1, -0.05) is 73.7 Å². The topological polar surface area (TPSA) is 80.3 Å². The third kappa shape index (κ3) is 6.99. The zero-order valence-corrected chi connectivity index (χ0v) is 18.9. The Labute approximate surface area is 194 Å². The van der Waals surface area contributed by atoms with Crippen LogP contribution < -0.4 is 0 Å². The van der Waals surface area contributed by atoms with Gasteiger partial charge in [-0.2, -0.15) is 0 Å². The van der Waals surface area contributed by atoms with E-state index in [1.54, 1.807) is 13.0 Å². The van der Waals surface area contributed by atoms with Gasteiger partial charge >= 0.3 is 11.9 Å². The fourth-order valence-electron chi connectivity index (χ4n) is 3.58. The molecule has 7 heteroatoms. The van der Waals surface area contributed by atoms with Gasteiger partial charge in [0.25, 0.3) is 0 Å². The van der Waals surface area contributed by atoms with Crippen molar-refractivity contribution in [3.05, 3.63) is 84.4 Å². The normalized spacial score (nSPS) is 24.6. The smallest absolute Gasteiger partial charge is 0.307 e. The number of ether oxygens (including phenoxy) is 5. The Bertz CT molecular complexity index is 899. The molecule has 0 radical (unpaired) electrons. The molecule has 33 heavy (non-hydrogen) atoms. The lowest BCUT2D eigenvalue weighted by Gasteiger charge is -2.44. The molecule has 0 saturated carbocycles. The van der Waals surface area contributed by atoms with Crippen molar-refractivity contribution in [2.24, 2.45) is 5.92 Å². The van der Waals surface area contributed by atoms with Crippen LogP contribution in [-0.2, 0) is 46.5 Å². The van der Waals surface area contributed by atoms with Gasteiger partial charge in [0.15, 0.2) is 0 Å². The molecule has 7 nitrogen and oxygen atoms in total. The number of hydrogen-bond acceptors (Lipinski definition) is 7. The number of benzene rings is 2. The summed E-state index contributed by atoms with van der Waals surface area (Å²) in [6.45, 7) is 7.45. The van der Waals surface area contributed by atoms with Crippen molar-refractivity contribution in [2.45, 2.75) is 58.3 Å². The highest BCUT2D eigenvalue weighted by Gasteiger charge is 2.49. The van der Waals surface area contributed by atoms with Crippen LogP contribution in [0.15, 0.2) is 73.3 Å². The van der Waals surface area contributed by atoms with Crippen LogP contribution in [0.4, 0.5) is 0 Å². The van der Waals surface area contributed by atoms with Crippen LogP contribution in [0.2, 0.25) is 0 Å². The summed E-state index contributed by atoms with van der Waals surface area (Å²) in [6, 6.07) is 19.2. The van der Waals surface area contributed by atoms with E-state index in [9.17, 15) is 9.59 Å². The third-order valence-electron chi connectivity index (χ3n) is 5.22. The quantitative estimate of drug-likeness (QED) is 0.394. The molecule has 2 aromatic rings. The number of rotatable bonds is 10. The Hall–Kier alpha value is -3.00. The second kappa shape index (κ2) is 12.3. The lowest BCUT2D eigenvalue weighted by atomic mass is 9.91. The van der Waals surface area contributed by atoms with E-state index in [1.807, 2.05) is 60.7 Å². The summed E-state index contributed by atoms with van der Waals surface area (Å²) in [6.07, 6.45) is -1.80. The predicted octanol–water partition coefficient (Wildman–Crippen LogP) is 4.16. The number of carbonyl (C=O) groups excluding carboxylic acids is 2. The molecule has 176 valence electrons. The molecule has 0 bridgehead atoms. The molecule has 0 amide bonds. The molecule has 0 aromatic heterocycles. The van der Waals surface area contributed by atoms with Gasteiger partial charge in [-0.25, -0.2) is 0 Å². The Morgan fingerprint density at radius 1 is 0.879 bits per heavy atom. The third-order valence-corrected chi connectivity index (χ3v) is 5.22. The molecule has 0 N–H and O–H groups in total. The van der Waals surface area contributed by atoms with Crippen LogP contribution in [0, 0.1) is 5.92 Å². The van der Waals surface area contributed by atoms with Gasteiger partial charge in [0.1, 0.15) is 12.2 Å². The fourth-order valence-corrected chi connectivity index (χ4v) is 3.58. The van der Waals surface area contributed by atoms with E-state index in [4.69, 9.17) is 23.7 Å². The summed E-state index contributed by atoms with van der Waals surface area (Å²) < 4.78 is 29.2. The second-order valence-electron chi connectivity index (χ2n) is 7.66. The molecule has 5 atom stereocenters. The van der Waals surface area contributed by atoms with Crippen LogP contribution in [-0.4, -0.2) is 36.7 Å². The Morgan fingerprint density at radius 2 is 1.36 bits per heavy atom. The molecule has 1 heterocycles. The van der Waals surface area contributed by atoms with Crippen LogP contribution in [0.25, 0.3) is 0 Å². The van der Waals surface area contributed by atoms with E-state index >= 15 is 0 Å². The SMILES string of the molecule is C=C[C@H]1[C@H](OCc2ccccc2)[C@@H](OC(C)=O)O[C@H](OC(=O)CC)[C@H]1OCc1ccccc1. The molecule has 1 saturated heterocycles. The molecule has 1 fully saturated rings. The summed E-state index contributed by atoms with van der Waals surface area (Å²) in [5.41, 5.74) is 1.90. The van der Waals surface area contributed by atoms with Crippen LogP contribution in [0.1, 0.15) is 31.4 Å². The molecular formula is C26H30O7. The van der Waals surface area contributed by atoms with Gasteiger partial charge in [-0.3, -0.25) is 14.3 Å². The maximum atomic E-state index is 12.1. The lowest BCUT2D eigenvalue weighted by molar-refractivity contribution is -0.334. The van der Waals surface area contributed by atoms with E-state index in [-0.39, 0.29) is 19.6 Å². The molecule has 3 rings (SSSR count). The van der Waals surface area contributed by atoms with Gasteiger partial charge in [0, 0.05) is 19.3 Å². The zero-order chi connectivity index (χ0) is 23.6.